The molecule has 16 heavy (non-hydrogen) atoms. The van der Waals surface area contributed by atoms with E-state index in [2.05, 4.69) is 17.4 Å². The number of carbonyl (C=O) groups excluding carboxylic acids is 1. The van der Waals surface area contributed by atoms with Gasteiger partial charge in [-0.1, -0.05) is 23.9 Å². The van der Waals surface area contributed by atoms with E-state index in [4.69, 9.17) is 4.74 Å². The smallest absolute Gasteiger partial charge is 0.279 e. The summed E-state index contributed by atoms with van der Waals surface area (Å²) in [4.78, 5) is 11.0. The standard InChI is InChI=1S/C12H15NO2S/c1-8-5-9(3-4-11(8)15-2)6-10-7-16-12(14)13-10/h3-5,10H,6-7H2,1-2H3,(H,13,14)/t10-/m0/s1. The molecule has 86 valence electrons. The van der Waals surface area contributed by atoms with Gasteiger partial charge in [0, 0.05) is 11.8 Å². The largest absolute Gasteiger partial charge is 0.496 e. The molecule has 1 aliphatic heterocycles. The quantitative estimate of drug-likeness (QED) is 0.877. The van der Waals surface area contributed by atoms with E-state index >= 15 is 0 Å². The SMILES string of the molecule is COc1ccc(C[C@H]2CSC(=O)N2)cc1C. The van der Waals surface area contributed by atoms with Crippen LogP contribution >= 0.6 is 11.8 Å². The first kappa shape index (κ1) is 11.3. The highest BCUT2D eigenvalue weighted by molar-refractivity contribution is 8.13. The van der Waals surface area contributed by atoms with Crippen LogP contribution in [0.5, 0.6) is 5.75 Å². The summed E-state index contributed by atoms with van der Waals surface area (Å²) in [7, 11) is 1.68. The number of hydrogen-bond donors (Lipinski definition) is 1. The van der Waals surface area contributed by atoms with Gasteiger partial charge in [0.15, 0.2) is 0 Å². The second kappa shape index (κ2) is 4.78. The fourth-order valence-corrected chi connectivity index (χ4v) is 2.69. The van der Waals surface area contributed by atoms with Crippen molar-refractivity contribution in [2.75, 3.05) is 12.9 Å². The molecule has 1 saturated heterocycles. The second-order valence-corrected chi connectivity index (χ2v) is 4.94. The monoisotopic (exact) mass is 237 g/mol. The van der Waals surface area contributed by atoms with Crippen LogP contribution in [0.3, 0.4) is 0 Å². The first-order valence-electron chi connectivity index (χ1n) is 5.26. The van der Waals surface area contributed by atoms with Crippen molar-refractivity contribution in [3.63, 3.8) is 0 Å². The van der Waals surface area contributed by atoms with Crippen LogP contribution in [-0.2, 0) is 6.42 Å². The van der Waals surface area contributed by atoms with Gasteiger partial charge in [-0.25, -0.2) is 0 Å². The number of rotatable bonds is 3. The van der Waals surface area contributed by atoms with Crippen LogP contribution in [-0.4, -0.2) is 24.1 Å². The predicted molar refractivity (Wildman–Crippen MR) is 66.2 cm³/mol. The molecule has 0 spiro atoms. The van der Waals surface area contributed by atoms with E-state index in [1.165, 1.54) is 17.3 Å². The number of ether oxygens (including phenoxy) is 1. The lowest BCUT2D eigenvalue weighted by atomic mass is 10.0. The highest BCUT2D eigenvalue weighted by atomic mass is 32.2. The average Bonchev–Trinajstić information content (AvgIpc) is 2.64. The minimum absolute atomic E-state index is 0.0928. The van der Waals surface area contributed by atoms with E-state index in [1.54, 1.807) is 7.11 Å². The summed E-state index contributed by atoms with van der Waals surface area (Å²) in [5.74, 6) is 1.78. The Kier molecular flexibility index (Phi) is 3.39. The lowest BCUT2D eigenvalue weighted by molar-refractivity contribution is 0.260. The summed E-state index contributed by atoms with van der Waals surface area (Å²) >= 11 is 1.36. The van der Waals surface area contributed by atoms with Crippen molar-refractivity contribution in [3.05, 3.63) is 29.3 Å². The van der Waals surface area contributed by atoms with E-state index in [1.807, 2.05) is 13.0 Å². The molecule has 1 N–H and O–H groups in total. The molecule has 2 rings (SSSR count). The van der Waals surface area contributed by atoms with Gasteiger partial charge >= 0.3 is 0 Å². The highest BCUT2D eigenvalue weighted by Gasteiger charge is 2.21. The number of thioether (sulfide) groups is 1. The van der Waals surface area contributed by atoms with Crippen molar-refractivity contribution in [2.24, 2.45) is 0 Å². The molecule has 1 aromatic rings. The second-order valence-electron chi connectivity index (χ2n) is 3.95. The average molecular weight is 237 g/mol. The molecule has 0 radical (unpaired) electrons. The first-order valence-corrected chi connectivity index (χ1v) is 6.24. The topological polar surface area (TPSA) is 38.3 Å². The summed E-state index contributed by atoms with van der Waals surface area (Å²) in [6.45, 7) is 2.03. The Morgan fingerprint density at radius 1 is 1.56 bits per heavy atom. The first-order chi connectivity index (χ1) is 7.69. The number of hydrogen-bond acceptors (Lipinski definition) is 3. The number of nitrogens with one attached hydrogen (secondary N) is 1. The van der Waals surface area contributed by atoms with Crippen LogP contribution in [0.15, 0.2) is 18.2 Å². The van der Waals surface area contributed by atoms with E-state index in [-0.39, 0.29) is 11.3 Å². The molecule has 1 amide bonds. The summed E-state index contributed by atoms with van der Waals surface area (Å²) < 4.78 is 5.21. The van der Waals surface area contributed by atoms with Crippen LogP contribution in [0.4, 0.5) is 4.79 Å². The lowest BCUT2D eigenvalue weighted by Crippen LogP contribution is -2.28. The molecule has 1 fully saturated rings. The van der Waals surface area contributed by atoms with E-state index in [9.17, 15) is 4.79 Å². The molecule has 0 aliphatic carbocycles. The van der Waals surface area contributed by atoms with E-state index in [0.717, 1.165) is 23.5 Å². The van der Waals surface area contributed by atoms with Crippen molar-refractivity contribution in [1.29, 1.82) is 0 Å². The predicted octanol–water partition coefficient (Wildman–Crippen LogP) is 2.37. The van der Waals surface area contributed by atoms with Crippen LogP contribution in [0.25, 0.3) is 0 Å². The third-order valence-corrected chi connectivity index (χ3v) is 3.63. The molecule has 1 aliphatic rings. The van der Waals surface area contributed by atoms with E-state index in [0.29, 0.717) is 0 Å². The molecule has 0 aromatic heterocycles. The summed E-state index contributed by atoms with van der Waals surface area (Å²) in [5, 5.41) is 3.04. The molecule has 0 unspecified atom stereocenters. The number of amides is 1. The molecule has 1 heterocycles. The zero-order valence-electron chi connectivity index (χ0n) is 9.45. The van der Waals surface area contributed by atoms with Crippen molar-refractivity contribution < 1.29 is 9.53 Å². The Morgan fingerprint density at radius 2 is 2.38 bits per heavy atom. The van der Waals surface area contributed by atoms with Gasteiger partial charge in [-0.15, -0.1) is 0 Å². The minimum atomic E-state index is 0.0928. The third kappa shape index (κ3) is 2.50. The molecular weight excluding hydrogens is 222 g/mol. The van der Waals surface area contributed by atoms with Gasteiger partial charge in [0.1, 0.15) is 5.75 Å². The van der Waals surface area contributed by atoms with Crippen molar-refractivity contribution in [3.8, 4) is 5.75 Å². The molecular formula is C12H15NO2S. The van der Waals surface area contributed by atoms with Gasteiger partial charge in [-0.3, -0.25) is 4.79 Å². The Morgan fingerprint density at radius 3 is 2.94 bits per heavy atom. The maximum atomic E-state index is 11.0. The molecule has 4 heteroatoms. The van der Waals surface area contributed by atoms with Gasteiger partial charge in [0.2, 0.25) is 0 Å². The van der Waals surface area contributed by atoms with Crippen molar-refractivity contribution >= 4 is 17.0 Å². The summed E-state index contributed by atoms with van der Waals surface area (Å²) in [5.41, 5.74) is 2.38. The summed E-state index contributed by atoms with van der Waals surface area (Å²) in [6.07, 6.45) is 0.892. The maximum Gasteiger partial charge on any atom is 0.279 e. The van der Waals surface area contributed by atoms with Crippen LogP contribution in [0, 0.1) is 6.92 Å². The van der Waals surface area contributed by atoms with Crippen LogP contribution in [0.2, 0.25) is 0 Å². The third-order valence-electron chi connectivity index (χ3n) is 2.68. The highest BCUT2D eigenvalue weighted by Crippen LogP contribution is 2.21. The number of aryl methyl sites for hydroxylation is 1. The molecule has 1 atom stereocenters. The summed E-state index contributed by atoms with van der Waals surface area (Å²) in [6, 6.07) is 6.43. The Labute approximate surface area is 99.6 Å². The van der Waals surface area contributed by atoms with Gasteiger partial charge in [0.05, 0.1) is 7.11 Å². The fraction of sp³-hybridized carbons (Fsp3) is 0.417. The lowest BCUT2D eigenvalue weighted by Gasteiger charge is -2.11. The zero-order valence-corrected chi connectivity index (χ0v) is 10.3. The van der Waals surface area contributed by atoms with Gasteiger partial charge in [-0.2, -0.15) is 0 Å². The zero-order chi connectivity index (χ0) is 11.5. The normalized spacial score (nSPS) is 19.6. The van der Waals surface area contributed by atoms with Gasteiger partial charge in [0.25, 0.3) is 5.24 Å². The van der Waals surface area contributed by atoms with Gasteiger partial charge < -0.3 is 10.1 Å². The van der Waals surface area contributed by atoms with Crippen molar-refractivity contribution in [2.45, 2.75) is 19.4 Å². The molecule has 1 aromatic carbocycles. The Bertz CT molecular complexity index is 406. The maximum absolute atomic E-state index is 11.0. The minimum Gasteiger partial charge on any atom is -0.496 e. The number of methoxy groups -OCH3 is 1. The fourth-order valence-electron chi connectivity index (χ4n) is 1.89. The Balaban J connectivity index is 2.04. The Hall–Kier alpha value is -1.16. The number of carbonyl (C=O) groups is 1. The molecule has 3 nitrogen and oxygen atoms in total. The van der Waals surface area contributed by atoms with Crippen LogP contribution < -0.4 is 10.1 Å². The molecule has 0 bridgehead atoms. The van der Waals surface area contributed by atoms with E-state index < -0.39 is 0 Å². The molecule has 0 saturated carbocycles. The van der Waals surface area contributed by atoms with Gasteiger partial charge in [-0.05, 0) is 30.5 Å². The van der Waals surface area contributed by atoms with Crippen molar-refractivity contribution in [1.82, 2.24) is 5.32 Å². The number of benzene rings is 1. The van der Waals surface area contributed by atoms with Crippen LogP contribution in [0.1, 0.15) is 11.1 Å².